The molecule has 0 radical (unpaired) electrons. The van der Waals surface area contributed by atoms with E-state index in [1.54, 1.807) is 6.08 Å². The van der Waals surface area contributed by atoms with Crippen molar-refractivity contribution in [1.29, 1.82) is 0 Å². The Kier molecular flexibility index (Phi) is 46.3. The van der Waals surface area contributed by atoms with Crippen LogP contribution in [0.1, 0.15) is 271 Å². The number of nitrogens with zero attached hydrogens (tertiary/aromatic N) is 1. The van der Waals surface area contributed by atoms with E-state index >= 15 is 0 Å². The fourth-order valence-electron chi connectivity index (χ4n) is 8.27. The van der Waals surface area contributed by atoms with E-state index in [1.165, 1.54) is 212 Å². The Balaban J connectivity index is 3.90. The first-order valence-electron chi connectivity index (χ1n) is 27.7. The van der Waals surface area contributed by atoms with E-state index in [0.717, 1.165) is 38.5 Å². The highest BCUT2D eigenvalue weighted by atomic mass is 31.2. The number of hydrogen-bond donors (Lipinski definition) is 2. The maximum Gasteiger partial charge on any atom is 0.268 e. The van der Waals surface area contributed by atoms with Gasteiger partial charge < -0.3 is 28.8 Å². The van der Waals surface area contributed by atoms with Gasteiger partial charge in [0, 0.05) is 6.42 Å². The molecule has 0 aliphatic rings. The summed E-state index contributed by atoms with van der Waals surface area (Å²) in [6.07, 6.45) is 58.5. The van der Waals surface area contributed by atoms with Crippen LogP contribution in [0.25, 0.3) is 0 Å². The average molecular weight is 925 g/mol. The van der Waals surface area contributed by atoms with Crippen molar-refractivity contribution in [2.75, 3.05) is 40.9 Å². The number of unbranched alkanes of at least 4 members (excludes halogenated alkanes) is 36. The van der Waals surface area contributed by atoms with Crippen molar-refractivity contribution in [2.24, 2.45) is 0 Å². The van der Waals surface area contributed by atoms with E-state index in [1.807, 2.05) is 27.2 Å². The fourth-order valence-corrected chi connectivity index (χ4v) is 8.99. The van der Waals surface area contributed by atoms with Crippen molar-refractivity contribution in [3.63, 3.8) is 0 Å². The maximum absolute atomic E-state index is 12.9. The Morgan fingerprint density at radius 1 is 0.531 bits per heavy atom. The van der Waals surface area contributed by atoms with E-state index in [-0.39, 0.29) is 19.1 Å². The van der Waals surface area contributed by atoms with Crippen LogP contribution >= 0.6 is 7.82 Å². The molecule has 3 unspecified atom stereocenters. The molecule has 0 saturated heterocycles. The Bertz CT molecular complexity index is 1090. The standard InChI is InChI=1S/C55H109N2O6P/c1-6-8-10-12-14-16-17-18-19-20-21-22-23-24-25-26-27-28-29-30-31-32-33-34-35-36-37-38-39-41-43-45-47-49-55(59)56-53(52-63-64(60,61)62-51-50-57(3,4)5)54(58)48-46-44-42-40-15-13-11-9-7-2/h24-25,46,48,53-54,58H,6-23,26-45,47,49-52H2,1-5H3,(H-,56,59,60,61)/b25-24-,48-46+. The minimum atomic E-state index is -4.58. The Morgan fingerprint density at radius 2 is 0.859 bits per heavy atom. The van der Waals surface area contributed by atoms with Gasteiger partial charge in [0.1, 0.15) is 13.2 Å². The molecule has 0 bridgehead atoms. The van der Waals surface area contributed by atoms with Gasteiger partial charge in [0.05, 0.1) is 39.9 Å². The molecule has 2 N–H and O–H groups in total. The summed E-state index contributed by atoms with van der Waals surface area (Å²) in [5.41, 5.74) is 0. The lowest BCUT2D eigenvalue weighted by atomic mass is 10.0. The van der Waals surface area contributed by atoms with E-state index in [4.69, 9.17) is 9.05 Å². The SMILES string of the molecule is CCCCCCCCC/C=C/C(O)C(COP(=O)([O-])OCC[N+](C)(C)C)NC(=O)CCCCCCCCCCCCCCCCCCC/C=C\CCCCCCCCCCCCCC. The second-order valence-electron chi connectivity index (χ2n) is 20.3. The first-order chi connectivity index (χ1) is 31.0. The lowest BCUT2D eigenvalue weighted by Crippen LogP contribution is -2.45. The van der Waals surface area contributed by atoms with Crippen LogP contribution in [0.4, 0.5) is 0 Å². The number of phosphoric acid groups is 1. The molecule has 0 spiro atoms. The summed E-state index contributed by atoms with van der Waals surface area (Å²) in [5, 5.41) is 13.8. The van der Waals surface area contributed by atoms with Gasteiger partial charge in [-0.3, -0.25) is 9.36 Å². The number of aliphatic hydroxyl groups is 1. The van der Waals surface area contributed by atoms with Gasteiger partial charge >= 0.3 is 0 Å². The molecule has 0 fully saturated rings. The molecule has 0 aromatic carbocycles. The number of rotatable bonds is 51. The number of carbonyl (C=O) groups excluding carboxylic acids is 1. The molecule has 0 aromatic heterocycles. The third-order valence-corrected chi connectivity index (χ3v) is 13.6. The van der Waals surface area contributed by atoms with Crippen molar-refractivity contribution in [3.05, 3.63) is 24.3 Å². The zero-order valence-electron chi connectivity index (χ0n) is 43.3. The third-order valence-electron chi connectivity index (χ3n) is 12.7. The lowest BCUT2D eigenvalue weighted by molar-refractivity contribution is -0.870. The monoisotopic (exact) mass is 925 g/mol. The van der Waals surface area contributed by atoms with Crippen LogP contribution in [0, 0.1) is 0 Å². The summed E-state index contributed by atoms with van der Waals surface area (Å²) >= 11 is 0. The number of allylic oxidation sites excluding steroid dienone is 3. The first-order valence-corrected chi connectivity index (χ1v) is 29.2. The van der Waals surface area contributed by atoms with Crippen molar-refractivity contribution >= 4 is 13.7 Å². The molecule has 3 atom stereocenters. The van der Waals surface area contributed by atoms with Crippen LogP contribution in [-0.2, 0) is 18.4 Å². The van der Waals surface area contributed by atoms with Crippen molar-refractivity contribution in [3.8, 4) is 0 Å². The Hall–Kier alpha value is -1.02. The van der Waals surface area contributed by atoms with Gasteiger partial charge in [-0.2, -0.15) is 0 Å². The normalized spacial score (nSPS) is 14.2. The highest BCUT2D eigenvalue weighted by Gasteiger charge is 2.23. The molecular weight excluding hydrogens is 816 g/mol. The second kappa shape index (κ2) is 47.1. The molecule has 380 valence electrons. The van der Waals surface area contributed by atoms with E-state index in [9.17, 15) is 19.4 Å². The van der Waals surface area contributed by atoms with Crippen LogP contribution in [-0.4, -0.2) is 68.5 Å². The number of aliphatic hydroxyl groups excluding tert-OH is 1. The molecule has 0 aliphatic heterocycles. The Labute approximate surface area is 398 Å². The molecule has 0 aliphatic carbocycles. The molecule has 0 saturated carbocycles. The summed E-state index contributed by atoms with van der Waals surface area (Å²) < 4.78 is 23.2. The summed E-state index contributed by atoms with van der Waals surface area (Å²) in [7, 11) is 1.27. The number of hydrogen-bond acceptors (Lipinski definition) is 6. The summed E-state index contributed by atoms with van der Waals surface area (Å²) in [6, 6.07) is -0.881. The van der Waals surface area contributed by atoms with Gasteiger partial charge in [0.15, 0.2) is 0 Å². The topological polar surface area (TPSA) is 108 Å². The van der Waals surface area contributed by atoms with Crippen molar-refractivity contribution < 1.29 is 32.9 Å². The predicted octanol–water partition coefficient (Wildman–Crippen LogP) is 15.8. The molecule has 0 heterocycles. The molecule has 64 heavy (non-hydrogen) atoms. The zero-order chi connectivity index (χ0) is 47.1. The molecule has 0 aromatic rings. The summed E-state index contributed by atoms with van der Waals surface area (Å²) in [6.45, 7) is 4.64. The lowest BCUT2D eigenvalue weighted by Gasteiger charge is -2.29. The quantitative estimate of drug-likeness (QED) is 0.0272. The smallest absolute Gasteiger partial charge is 0.268 e. The van der Waals surface area contributed by atoms with Gasteiger partial charge in [-0.05, 0) is 44.9 Å². The molecule has 8 nitrogen and oxygen atoms in total. The third kappa shape index (κ3) is 48.9. The number of carbonyl (C=O) groups is 1. The summed E-state index contributed by atoms with van der Waals surface area (Å²) in [4.78, 5) is 25.3. The fraction of sp³-hybridized carbons (Fsp3) is 0.909. The number of nitrogens with one attached hydrogen (secondary N) is 1. The van der Waals surface area contributed by atoms with E-state index < -0.39 is 20.0 Å². The minimum Gasteiger partial charge on any atom is -0.756 e. The number of phosphoric ester groups is 1. The molecule has 0 rings (SSSR count). The Morgan fingerprint density at radius 3 is 1.22 bits per heavy atom. The zero-order valence-corrected chi connectivity index (χ0v) is 44.1. The van der Waals surface area contributed by atoms with Crippen LogP contribution in [0.15, 0.2) is 24.3 Å². The molecule has 1 amide bonds. The second-order valence-corrected chi connectivity index (χ2v) is 21.7. The predicted molar refractivity (Wildman–Crippen MR) is 275 cm³/mol. The number of likely N-dealkylation sites (N-methyl/N-ethyl adjacent to an activating group) is 1. The highest BCUT2D eigenvalue weighted by Crippen LogP contribution is 2.38. The molecule has 9 heteroatoms. The molecular formula is C55H109N2O6P. The van der Waals surface area contributed by atoms with Crippen LogP contribution in [0.2, 0.25) is 0 Å². The maximum atomic E-state index is 12.9. The van der Waals surface area contributed by atoms with Crippen molar-refractivity contribution in [2.45, 2.75) is 283 Å². The van der Waals surface area contributed by atoms with E-state index in [0.29, 0.717) is 17.4 Å². The van der Waals surface area contributed by atoms with Gasteiger partial charge in [0.25, 0.3) is 7.82 Å². The van der Waals surface area contributed by atoms with Gasteiger partial charge in [-0.1, -0.05) is 244 Å². The van der Waals surface area contributed by atoms with Gasteiger partial charge in [0.2, 0.25) is 5.91 Å². The van der Waals surface area contributed by atoms with Crippen LogP contribution in [0.5, 0.6) is 0 Å². The summed E-state index contributed by atoms with van der Waals surface area (Å²) in [5.74, 6) is -0.196. The van der Waals surface area contributed by atoms with Crippen LogP contribution < -0.4 is 10.2 Å². The highest BCUT2D eigenvalue weighted by molar-refractivity contribution is 7.45. The largest absolute Gasteiger partial charge is 0.756 e. The first kappa shape index (κ1) is 63.0. The number of quaternary nitrogens is 1. The number of amides is 1. The van der Waals surface area contributed by atoms with Crippen molar-refractivity contribution in [1.82, 2.24) is 5.32 Å². The van der Waals surface area contributed by atoms with Crippen LogP contribution in [0.3, 0.4) is 0 Å². The van der Waals surface area contributed by atoms with E-state index in [2.05, 4.69) is 31.3 Å². The van der Waals surface area contributed by atoms with Gasteiger partial charge in [-0.25, -0.2) is 0 Å². The average Bonchev–Trinajstić information content (AvgIpc) is 3.25. The minimum absolute atomic E-state index is 0.000684. The van der Waals surface area contributed by atoms with Gasteiger partial charge in [-0.15, -0.1) is 0 Å².